The number of aromatic nitrogens is 2. The minimum Gasteiger partial charge on any atom is -0.272 e. The predicted molar refractivity (Wildman–Crippen MR) is 73.1 cm³/mol. The van der Waals surface area contributed by atoms with Gasteiger partial charge in [-0.05, 0) is 19.4 Å². The molecular weight excluding hydrogens is 262 g/mol. The van der Waals surface area contributed by atoms with E-state index in [-0.39, 0.29) is 10.9 Å². The van der Waals surface area contributed by atoms with Crippen LogP contribution in [-0.2, 0) is 16.6 Å². The molecule has 102 valence electrons. The van der Waals surface area contributed by atoms with E-state index >= 15 is 0 Å². The molecule has 0 unspecified atom stereocenters. The van der Waals surface area contributed by atoms with Crippen LogP contribution in [0, 0.1) is 0 Å². The van der Waals surface area contributed by atoms with Crippen LogP contribution in [0.3, 0.4) is 0 Å². The zero-order chi connectivity index (χ0) is 13.9. The summed E-state index contributed by atoms with van der Waals surface area (Å²) in [7, 11) is -3.53. The topological polar surface area (TPSA) is 64.0 Å². The summed E-state index contributed by atoms with van der Waals surface area (Å²) < 4.78 is 28.6. The van der Waals surface area contributed by atoms with Crippen molar-refractivity contribution in [1.82, 2.24) is 14.5 Å². The molecule has 2 aromatic rings. The third kappa shape index (κ3) is 3.21. The van der Waals surface area contributed by atoms with E-state index in [0.29, 0.717) is 6.54 Å². The smallest absolute Gasteiger partial charge is 0.244 e. The van der Waals surface area contributed by atoms with Gasteiger partial charge in [-0.15, -0.1) is 0 Å². The summed E-state index contributed by atoms with van der Waals surface area (Å²) >= 11 is 0. The number of nitrogens with one attached hydrogen (secondary N) is 1. The van der Waals surface area contributed by atoms with Gasteiger partial charge < -0.3 is 0 Å². The molecule has 1 aromatic carbocycles. The second-order valence-electron chi connectivity index (χ2n) is 4.29. The first kappa shape index (κ1) is 13.8. The van der Waals surface area contributed by atoms with Crippen molar-refractivity contribution >= 4 is 10.0 Å². The quantitative estimate of drug-likeness (QED) is 0.909. The maximum atomic E-state index is 12.2. The van der Waals surface area contributed by atoms with Crippen LogP contribution < -0.4 is 4.72 Å². The van der Waals surface area contributed by atoms with E-state index in [0.717, 1.165) is 5.56 Å². The molecule has 5 nitrogen and oxygen atoms in total. The zero-order valence-electron chi connectivity index (χ0n) is 10.9. The molecule has 0 bridgehead atoms. The largest absolute Gasteiger partial charge is 0.272 e. The molecule has 0 saturated carbocycles. The summed E-state index contributed by atoms with van der Waals surface area (Å²) in [5.74, 6) is 0. The van der Waals surface area contributed by atoms with Crippen molar-refractivity contribution in [2.75, 3.05) is 0 Å². The Balaban J connectivity index is 2.17. The van der Waals surface area contributed by atoms with Crippen LogP contribution in [0.2, 0.25) is 0 Å². The molecule has 1 N–H and O–H groups in total. The minimum atomic E-state index is -3.53. The molecule has 0 aliphatic heterocycles. The Morgan fingerprint density at radius 3 is 2.58 bits per heavy atom. The lowest BCUT2D eigenvalue weighted by Crippen LogP contribution is -2.26. The number of aryl methyl sites for hydroxylation is 1. The zero-order valence-corrected chi connectivity index (χ0v) is 11.8. The van der Waals surface area contributed by atoms with Crippen molar-refractivity contribution in [3.05, 3.63) is 48.3 Å². The van der Waals surface area contributed by atoms with E-state index < -0.39 is 10.0 Å². The molecule has 0 amide bonds. The number of hydrogen-bond acceptors (Lipinski definition) is 3. The fourth-order valence-corrected chi connectivity index (χ4v) is 2.95. The standard InChI is InChI=1S/C13H17N3O2S/c1-3-16-10-13(9-14-16)19(17,18)15-11(2)12-7-5-4-6-8-12/h4-11,15H,3H2,1-2H3/t11-/m0/s1. The minimum absolute atomic E-state index is 0.192. The van der Waals surface area contributed by atoms with Crippen LogP contribution in [0.4, 0.5) is 0 Å². The Morgan fingerprint density at radius 1 is 1.32 bits per heavy atom. The highest BCUT2D eigenvalue weighted by molar-refractivity contribution is 7.89. The van der Waals surface area contributed by atoms with Crippen molar-refractivity contribution < 1.29 is 8.42 Å². The van der Waals surface area contributed by atoms with E-state index in [9.17, 15) is 8.42 Å². The lowest BCUT2D eigenvalue weighted by atomic mass is 10.1. The third-order valence-electron chi connectivity index (χ3n) is 2.88. The lowest BCUT2D eigenvalue weighted by molar-refractivity contribution is 0.566. The van der Waals surface area contributed by atoms with Crippen LogP contribution in [-0.4, -0.2) is 18.2 Å². The van der Waals surface area contributed by atoms with Crippen molar-refractivity contribution in [2.45, 2.75) is 31.3 Å². The lowest BCUT2D eigenvalue weighted by Gasteiger charge is -2.13. The van der Waals surface area contributed by atoms with Gasteiger partial charge in [0, 0.05) is 18.8 Å². The maximum Gasteiger partial charge on any atom is 0.244 e. The number of nitrogens with zero attached hydrogens (tertiary/aromatic N) is 2. The van der Waals surface area contributed by atoms with E-state index in [1.807, 2.05) is 44.2 Å². The first-order valence-electron chi connectivity index (χ1n) is 6.12. The van der Waals surface area contributed by atoms with Crippen LogP contribution in [0.1, 0.15) is 25.5 Å². The normalized spacial score (nSPS) is 13.4. The first-order valence-corrected chi connectivity index (χ1v) is 7.61. The van der Waals surface area contributed by atoms with Crippen LogP contribution in [0.5, 0.6) is 0 Å². The highest BCUT2D eigenvalue weighted by atomic mass is 32.2. The van der Waals surface area contributed by atoms with Gasteiger partial charge in [-0.3, -0.25) is 4.68 Å². The van der Waals surface area contributed by atoms with E-state index in [4.69, 9.17) is 0 Å². The molecular formula is C13H17N3O2S. The highest BCUT2D eigenvalue weighted by Gasteiger charge is 2.19. The molecule has 0 aliphatic rings. The molecule has 2 rings (SSSR count). The van der Waals surface area contributed by atoms with Crippen molar-refractivity contribution in [2.24, 2.45) is 0 Å². The molecule has 1 heterocycles. The summed E-state index contributed by atoms with van der Waals surface area (Å²) in [5.41, 5.74) is 0.925. The molecule has 0 saturated heterocycles. The molecule has 1 atom stereocenters. The van der Waals surface area contributed by atoms with Crippen molar-refractivity contribution in [3.63, 3.8) is 0 Å². The SMILES string of the molecule is CCn1cc(S(=O)(=O)N[C@@H](C)c2ccccc2)cn1. The van der Waals surface area contributed by atoms with Crippen molar-refractivity contribution in [3.8, 4) is 0 Å². The van der Waals surface area contributed by atoms with Crippen LogP contribution >= 0.6 is 0 Å². The van der Waals surface area contributed by atoms with Crippen LogP contribution in [0.25, 0.3) is 0 Å². The Hall–Kier alpha value is -1.66. The van der Waals surface area contributed by atoms with Gasteiger partial charge in [0.2, 0.25) is 10.0 Å². The predicted octanol–water partition coefficient (Wildman–Crippen LogP) is 1.94. The second kappa shape index (κ2) is 5.54. The summed E-state index contributed by atoms with van der Waals surface area (Å²) in [6, 6.07) is 9.17. The molecule has 0 radical (unpaired) electrons. The number of rotatable bonds is 5. The summed E-state index contributed by atoms with van der Waals surface area (Å²) in [6.07, 6.45) is 2.89. The monoisotopic (exact) mass is 279 g/mol. The molecule has 1 aromatic heterocycles. The van der Waals surface area contributed by atoms with Gasteiger partial charge in [-0.2, -0.15) is 5.10 Å². The molecule has 0 spiro atoms. The van der Waals surface area contributed by atoms with E-state index in [2.05, 4.69) is 9.82 Å². The molecule has 19 heavy (non-hydrogen) atoms. The molecule has 6 heteroatoms. The third-order valence-corrected chi connectivity index (χ3v) is 4.37. The molecule has 0 fully saturated rings. The average molecular weight is 279 g/mol. The first-order chi connectivity index (χ1) is 9.03. The Bertz CT molecular complexity index is 635. The maximum absolute atomic E-state index is 12.2. The number of hydrogen-bond donors (Lipinski definition) is 1. The second-order valence-corrected chi connectivity index (χ2v) is 6.00. The summed E-state index contributed by atoms with van der Waals surface area (Å²) in [4.78, 5) is 0.192. The van der Waals surface area contributed by atoms with Crippen molar-refractivity contribution in [1.29, 1.82) is 0 Å². The van der Waals surface area contributed by atoms with E-state index in [1.165, 1.54) is 12.4 Å². The van der Waals surface area contributed by atoms with Gasteiger partial charge >= 0.3 is 0 Å². The average Bonchev–Trinajstić information content (AvgIpc) is 2.89. The Morgan fingerprint density at radius 2 is 2.00 bits per heavy atom. The fraction of sp³-hybridized carbons (Fsp3) is 0.308. The van der Waals surface area contributed by atoms with Gasteiger partial charge in [0.1, 0.15) is 4.90 Å². The Kier molecular flexibility index (Phi) is 4.01. The number of benzene rings is 1. The van der Waals surface area contributed by atoms with Gasteiger partial charge in [0.25, 0.3) is 0 Å². The van der Waals surface area contributed by atoms with Gasteiger partial charge in [0.15, 0.2) is 0 Å². The summed E-state index contributed by atoms with van der Waals surface area (Å²) in [5, 5.41) is 3.98. The van der Waals surface area contributed by atoms with Gasteiger partial charge in [-0.25, -0.2) is 13.1 Å². The van der Waals surface area contributed by atoms with Gasteiger partial charge in [0.05, 0.1) is 6.20 Å². The van der Waals surface area contributed by atoms with Gasteiger partial charge in [-0.1, -0.05) is 30.3 Å². The highest BCUT2D eigenvalue weighted by Crippen LogP contribution is 2.16. The molecule has 0 aliphatic carbocycles. The Labute approximate surface area is 113 Å². The number of sulfonamides is 1. The van der Waals surface area contributed by atoms with Crippen LogP contribution in [0.15, 0.2) is 47.6 Å². The summed E-state index contributed by atoms with van der Waals surface area (Å²) in [6.45, 7) is 4.37. The van der Waals surface area contributed by atoms with E-state index in [1.54, 1.807) is 4.68 Å². The fourth-order valence-electron chi connectivity index (χ4n) is 1.77.